The summed E-state index contributed by atoms with van der Waals surface area (Å²) in [6.45, 7) is 2.02. The SMILES string of the molecule is CC[CH]CC(=O)c1ccc(CCc2cnc3cc(N)[nH]c(=O)c3n2)cc1. The monoisotopic (exact) mass is 349 g/mol. The number of carbonyl (C=O) groups excluding carboxylic acids is 1. The van der Waals surface area contributed by atoms with E-state index in [1.54, 1.807) is 12.3 Å². The van der Waals surface area contributed by atoms with Gasteiger partial charge in [0.1, 0.15) is 5.82 Å². The molecule has 0 unspecified atom stereocenters. The first-order chi connectivity index (χ1) is 12.6. The highest BCUT2D eigenvalue weighted by Crippen LogP contribution is 2.12. The lowest BCUT2D eigenvalue weighted by molar-refractivity contribution is 0.0991. The fourth-order valence-electron chi connectivity index (χ4n) is 2.72. The minimum Gasteiger partial charge on any atom is -0.385 e. The van der Waals surface area contributed by atoms with Crippen molar-refractivity contribution in [1.29, 1.82) is 0 Å². The number of nitrogens with one attached hydrogen (secondary N) is 1. The van der Waals surface area contributed by atoms with Crippen LogP contribution in [0.4, 0.5) is 5.82 Å². The Bertz CT molecular complexity index is 977. The summed E-state index contributed by atoms with van der Waals surface area (Å²) in [6, 6.07) is 9.24. The number of unbranched alkanes of at least 4 members (excludes halogenated alkanes) is 1. The molecule has 3 aromatic rings. The number of nitrogens with two attached hydrogens (primary N) is 1. The molecule has 133 valence electrons. The Kier molecular flexibility index (Phi) is 5.41. The Morgan fingerprint density at radius 3 is 2.73 bits per heavy atom. The number of rotatable bonds is 7. The predicted molar refractivity (Wildman–Crippen MR) is 102 cm³/mol. The van der Waals surface area contributed by atoms with Gasteiger partial charge in [0.2, 0.25) is 0 Å². The Balaban J connectivity index is 1.68. The molecule has 0 atom stereocenters. The van der Waals surface area contributed by atoms with E-state index in [1.165, 1.54) is 0 Å². The molecule has 2 heterocycles. The molecule has 0 amide bonds. The number of aromatic nitrogens is 3. The van der Waals surface area contributed by atoms with Crippen molar-refractivity contribution in [3.8, 4) is 0 Å². The third-order valence-corrected chi connectivity index (χ3v) is 4.18. The van der Waals surface area contributed by atoms with E-state index in [1.807, 2.05) is 37.6 Å². The summed E-state index contributed by atoms with van der Waals surface area (Å²) in [5.41, 5.74) is 8.64. The maximum Gasteiger partial charge on any atom is 0.277 e. The number of Topliss-reactive ketones (excluding diaryl/α,β-unsaturated/α-hetero) is 1. The van der Waals surface area contributed by atoms with Crippen LogP contribution in [0.5, 0.6) is 0 Å². The Morgan fingerprint density at radius 1 is 1.23 bits per heavy atom. The summed E-state index contributed by atoms with van der Waals surface area (Å²) < 4.78 is 0. The van der Waals surface area contributed by atoms with Gasteiger partial charge in [-0.25, -0.2) is 4.98 Å². The van der Waals surface area contributed by atoms with Crippen LogP contribution in [0.1, 0.15) is 41.4 Å². The van der Waals surface area contributed by atoms with Gasteiger partial charge in [-0.2, -0.15) is 0 Å². The van der Waals surface area contributed by atoms with Gasteiger partial charge in [0.15, 0.2) is 11.3 Å². The first-order valence-corrected chi connectivity index (χ1v) is 8.65. The van der Waals surface area contributed by atoms with E-state index in [4.69, 9.17) is 5.73 Å². The van der Waals surface area contributed by atoms with Crippen molar-refractivity contribution in [1.82, 2.24) is 15.0 Å². The average molecular weight is 349 g/mol. The maximum absolute atomic E-state index is 12.0. The molecular formula is C20H21N4O2. The van der Waals surface area contributed by atoms with Gasteiger partial charge in [-0.05, 0) is 24.8 Å². The van der Waals surface area contributed by atoms with Gasteiger partial charge >= 0.3 is 0 Å². The van der Waals surface area contributed by atoms with Crippen LogP contribution < -0.4 is 11.3 Å². The summed E-state index contributed by atoms with van der Waals surface area (Å²) in [5, 5.41) is 0. The number of aromatic amines is 1. The molecule has 0 saturated heterocycles. The van der Waals surface area contributed by atoms with Crippen LogP contribution in [-0.4, -0.2) is 20.7 Å². The number of aryl methyl sites for hydroxylation is 2. The third-order valence-electron chi connectivity index (χ3n) is 4.18. The lowest BCUT2D eigenvalue weighted by Gasteiger charge is -2.05. The van der Waals surface area contributed by atoms with Gasteiger partial charge in [-0.1, -0.05) is 37.6 Å². The van der Waals surface area contributed by atoms with Gasteiger partial charge in [0, 0.05) is 24.2 Å². The van der Waals surface area contributed by atoms with Gasteiger partial charge < -0.3 is 10.7 Å². The molecule has 0 aliphatic heterocycles. The largest absolute Gasteiger partial charge is 0.385 e. The molecule has 6 nitrogen and oxygen atoms in total. The first-order valence-electron chi connectivity index (χ1n) is 8.65. The topological polar surface area (TPSA) is 102 Å². The molecule has 3 N–H and O–H groups in total. The van der Waals surface area contributed by atoms with Gasteiger partial charge in [-0.15, -0.1) is 0 Å². The number of nitrogens with zero attached hydrogens (tertiary/aromatic N) is 2. The van der Waals surface area contributed by atoms with Gasteiger partial charge in [0.25, 0.3) is 5.56 Å². The summed E-state index contributed by atoms with van der Waals surface area (Å²) in [6.07, 6.45) is 6.42. The van der Waals surface area contributed by atoms with Crippen molar-refractivity contribution >= 4 is 22.6 Å². The molecule has 0 spiro atoms. The number of carbonyl (C=O) groups is 1. The number of anilines is 1. The Hall–Kier alpha value is -3.02. The Morgan fingerprint density at radius 2 is 2.00 bits per heavy atom. The first kappa shape index (κ1) is 17.8. The normalized spacial score (nSPS) is 11.0. The average Bonchev–Trinajstić information content (AvgIpc) is 2.65. The molecule has 1 radical (unpaired) electrons. The molecule has 0 aliphatic carbocycles. The molecule has 1 aromatic carbocycles. The van der Waals surface area contributed by atoms with Crippen LogP contribution in [0.15, 0.2) is 41.3 Å². The zero-order chi connectivity index (χ0) is 18.5. The second-order valence-corrected chi connectivity index (χ2v) is 6.17. The zero-order valence-corrected chi connectivity index (χ0v) is 14.7. The number of hydrogen-bond acceptors (Lipinski definition) is 5. The van der Waals surface area contributed by atoms with E-state index in [0.717, 1.165) is 29.7 Å². The summed E-state index contributed by atoms with van der Waals surface area (Å²) >= 11 is 0. The fraction of sp³-hybridized carbons (Fsp3) is 0.250. The number of fused-ring (bicyclic) bond motifs is 1. The number of nitrogen functional groups attached to an aromatic ring is 1. The highest BCUT2D eigenvalue weighted by atomic mass is 16.1. The lowest BCUT2D eigenvalue weighted by Crippen LogP contribution is -2.12. The quantitative estimate of drug-likeness (QED) is 0.639. The summed E-state index contributed by atoms with van der Waals surface area (Å²) in [4.78, 5) is 35.1. The van der Waals surface area contributed by atoms with Crippen LogP contribution in [0, 0.1) is 6.42 Å². The van der Waals surface area contributed by atoms with Crippen LogP contribution >= 0.6 is 0 Å². The van der Waals surface area contributed by atoms with Gasteiger partial charge in [-0.3, -0.25) is 14.6 Å². The third kappa shape index (κ3) is 4.14. The van der Waals surface area contributed by atoms with E-state index in [-0.39, 0.29) is 17.2 Å². The standard InChI is InChI=1S/C20H21N4O2/c1-2-3-4-17(25)14-8-5-13(6-9-14)7-10-15-12-22-16-11-18(21)24-20(26)19(16)23-15/h3,5-6,8-9,11-12H,2,4,7,10H2,1H3,(H3,21,24,26). The number of ketones is 1. The van der Waals surface area contributed by atoms with E-state index in [2.05, 4.69) is 15.0 Å². The number of H-pyrrole nitrogens is 1. The Labute approximate surface area is 151 Å². The minimum absolute atomic E-state index is 0.136. The van der Waals surface area contributed by atoms with Crippen molar-refractivity contribution in [3.05, 3.63) is 70.1 Å². The zero-order valence-electron chi connectivity index (χ0n) is 14.7. The number of benzene rings is 1. The molecule has 2 aromatic heterocycles. The van der Waals surface area contributed by atoms with E-state index in [9.17, 15) is 9.59 Å². The maximum atomic E-state index is 12.0. The van der Waals surface area contributed by atoms with Crippen LogP contribution in [0.25, 0.3) is 11.0 Å². The molecule has 0 saturated carbocycles. The molecule has 6 heteroatoms. The van der Waals surface area contributed by atoms with E-state index >= 15 is 0 Å². The lowest BCUT2D eigenvalue weighted by atomic mass is 10.0. The van der Waals surface area contributed by atoms with Crippen molar-refractivity contribution < 1.29 is 4.79 Å². The van der Waals surface area contributed by atoms with Crippen molar-refractivity contribution in [2.75, 3.05) is 5.73 Å². The predicted octanol–water partition coefficient (Wildman–Crippen LogP) is 2.87. The number of pyridine rings is 1. The molecule has 0 bridgehead atoms. The van der Waals surface area contributed by atoms with Crippen molar-refractivity contribution in [2.45, 2.75) is 32.6 Å². The molecule has 26 heavy (non-hydrogen) atoms. The molecule has 0 aliphatic rings. The van der Waals surface area contributed by atoms with E-state index in [0.29, 0.717) is 23.9 Å². The van der Waals surface area contributed by atoms with E-state index < -0.39 is 0 Å². The minimum atomic E-state index is -0.332. The van der Waals surface area contributed by atoms with Crippen molar-refractivity contribution in [2.24, 2.45) is 0 Å². The highest BCUT2D eigenvalue weighted by Gasteiger charge is 2.07. The second kappa shape index (κ2) is 7.91. The molecule has 3 rings (SSSR count). The molecule has 0 fully saturated rings. The summed E-state index contributed by atoms with van der Waals surface area (Å²) in [5.74, 6) is 0.410. The molecular weight excluding hydrogens is 328 g/mol. The fourth-order valence-corrected chi connectivity index (χ4v) is 2.72. The van der Waals surface area contributed by atoms with Crippen LogP contribution in [0.3, 0.4) is 0 Å². The van der Waals surface area contributed by atoms with Crippen LogP contribution in [0.2, 0.25) is 0 Å². The van der Waals surface area contributed by atoms with Crippen LogP contribution in [-0.2, 0) is 12.8 Å². The summed E-state index contributed by atoms with van der Waals surface area (Å²) in [7, 11) is 0. The smallest absolute Gasteiger partial charge is 0.277 e. The van der Waals surface area contributed by atoms with Gasteiger partial charge in [0.05, 0.1) is 11.2 Å². The van der Waals surface area contributed by atoms with Crippen molar-refractivity contribution in [3.63, 3.8) is 0 Å². The highest BCUT2D eigenvalue weighted by molar-refractivity contribution is 5.96. The number of hydrogen-bond donors (Lipinski definition) is 2. The second-order valence-electron chi connectivity index (χ2n) is 6.17.